The van der Waals surface area contributed by atoms with Crippen LogP contribution in [0.4, 0.5) is 0 Å². The van der Waals surface area contributed by atoms with Crippen molar-refractivity contribution >= 4 is 0 Å². The van der Waals surface area contributed by atoms with Crippen LogP contribution in [0.15, 0.2) is 0 Å². The second-order valence-electron chi connectivity index (χ2n) is 6.00. The molecule has 0 bridgehead atoms. The van der Waals surface area contributed by atoms with E-state index >= 15 is 0 Å². The molecule has 1 N–H and O–H groups in total. The fourth-order valence-corrected chi connectivity index (χ4v) is 3.39. The first-order valence-corrected chi connectivity index (χ1v) is 7.43. The highest BCUT2D eigenvalue weighted by Crippen LogP contribution is 2.35. The van der Waals surface area contributed by atoms with Crippen LogP contribution in [0.3, 0.4) is 0 Å². The van der Waals surface area contributed by atoms with E-state index in [2.05, 4.69) is 44.0 Å². The molecule has 2 unspecified atom stereocenters. The average Bonchev–Trinajstić information content (AvgIpc) is 2.33. The summed E-state index contributed by atoms with van der Waals surface area (Å²) < 4.78 is 0. The Labute approximate surface area is 113 Å². The predicted molar refractivity (Wildman–Crippen MR) is 76.3 cm³/mol. The Balaban J connectivity index is 2.48. The lowest BCUT2D eigenvalue weighted by molar-refractivity contribution is 0.182. The van der Waals surface area contributed by atoms with Crippen LogP contribution in [0.1, 0.15) is 47.0 Å². The number of rotatable bonds is 6. The number of nitriles is 1. The third-order valence-electron chi connectivity index (χ3n) is 4.20. The quantitative estimate of drug-likeness (QED) is 0.789. The van der Waals surface area contributed by atoms with Crippen molar-refractivity contribution in [1.82, 2.24) is 10.2 Å². The number of nitrogens with zero attached hydrogens (tertiary/aromatic N) is 2. The fourth-order valence-electron chi connectivity index (χ4n) is 3.39. The van der Waals surface area contributed by atoms with Crippen LogP contribution < -0.4 is 5.32 Å². The summed E-state index contributed by atoms with van der Waals surface area (Å²) in [6.45, 7) is 13.1. The first-order chi connectivity index (χ1) is 8.55. The molecule has 1 aliphatic rings. The van der Waals surface area contributed by atoms with Crippen molar-refractivity contribution in [3.63, 3.8) is 0 Å². The van der Waals surface area contributed by atoms with Crippen molar-refractivity contribution in [3.8, 4) is 6.07 Å². The molecule has 1 fully saturated rings. The maximum Gasteiger partial charge on any atom is 0.107 e. The minimum Gasteiger partial charge on any atom is -0.303 e. The molecule has 0 spiro atoms. The molecule has 104 valence electrons. The normalized spacial score (nSPS) is 32.4. The van der Waals surface area contributed by atoms with E-state index in [1.54, 1.807) is 0 Å². The Kier molecular flexibility index (Phi) is 6.11. The minimum absolute atomic E-state index is 0.274. The minimum atomic E-state index is -0.274. The monoisotopic (exact) mass is 251 g/mol. The number of nitrogens with one attached hydrogen (secondary N) is 1. The number of hydrogen-bond donors (Lipinski definition) is 1. The van der Waals surface area contributed by atoms with Crippen molar-refractivity contribution in [3.05, 3.63) is 0 Å². The zero-order valence-electron chi connectivity index (χ0n) is 12.5. The summed E-state index contributed by atoms with van der Waals surface area (Å²) in [4.78, 5) is 2.40. The molecule has 18 heavy (non-hydrogen) atoms. The zero-order valence-corrected chi connectivity index (χ0v) is 12.5. The topological polar surface area (TPSA) is 39.1 Å². The van der Waals surface area contributed by atoms with Gasteiger partial charge in [0.25, 0.3) is 0 Å². The number of likely N-dealkylation sites (N-methyl/N-ethyl adjacent to an activating group) is 1. The van der Waals surface area contributed by atoms with Crippen LogP contribution in [0.25, 0.3) is 0 Å². The first kappa shape index (κ1) is 15.5. The van der Waals surface area contributed by atoms with Gasteiger partial charge >= 0.3 is 0 Å². The summed E-state index contributed by atoms with van der Waals surface area (Å²) in [5, 5.41) is 13.1. The second kappa shape index (κ2) is 7.11. The number of hydrogen-bond acceptors (Lipinski definition) is 3. The molecule has 2 atom stereocenters. The van der Waals surface area contributed by atoms with Gasteiger partial charge in [-0.2, -0.15) is 5.26 Å². The van der Waals surface area contributed by atoms with E-state index in [4.69, 9.17) is 0 Å². The van der Waals surface area contributed by atoms with Crippen molar-refractivity contribution in [2.45, 2.75) is 52.5 Å². The fraction of sp³-hybridized carbons (Fsp3) is 0.933. The summed E-state index contributed by atoms with van der Waals surface area (Å²) in [6.07, 6.45) is 3.28. The molecule has 0 amide bonds. The molecular formula is C15H29N3. The van der Waals surface area contributed by atoms with E-state index in [1.807, 2.05) is 0 Å². The Morgan fingerprint density at radius 1 is 1.22 bits per heavy atom. The lowest BCUT2D eigenvalue weighted by atomic mass is 9.72. The average molecular weight is 251 g/mol. The van der Waals surface area contributed by atoms with Gasteiger partial charge in [0.2, 0.25) is 0 Å². The van der Waals surface area contributed by atoms with Gasteiger partial charge in [-0.05, 0) is 44.2 Å². The predicted octanol–water partition coefficient (Wildman–Crippen LogP) is 2.64. The van der Waals surface area contributed by atoms with Gasteiger partial charge in [0.05, 0.1) is 6.07 Å². The SMILES string of the molecule is CCN(CC)CCNC1(C#N)CC(C)CC(C)C1. The van der Waals surface area contributed by atoms with Gasteiger partial charge in [0.15, 0.2) is 0 Å². The van der Waals surface area contributed by atoms with E-state index in [9.17, 15) is 5.26 Å². The Morgan fingerprint density at radius 2 is 1.78 bits per heavy atom. The molecule has 0 aromatic rings. The molecule has 0 saturated heterocycles. The van der Waals surface area contributed by atoms with Crippen molar-refractivity contribution in [2.75, 3.05) is 26.2 Å². The summed E-state index contributed by atoms with van der Waals surface area (Å²) in [5.41, 5.74) is -0.274. The van der Waals surface area contributed by atoms with Crippen LogP contribution in [-0.4, -0.2) is 36.6 Å². The van der Waals surface area contributed by atoms with Crippen LogP contribution in [0.2, 0.25) is 0 Å². The van der Waals surface area contributed by atoms with Gasteiger partial charge in [-0.15, -0.1) is 0 Å². The highest BCUT2D eigenvalue weighted by atomic mass is 15.1. The van der Waals surface area contributed by atoms with E-state index < -0.39 is 0 Å². The summed E-state index contributed by atoms with van der Waals surface area (Å²) in [5.74, 6) is 1.32. The summed E-state index contributed by atoms with van der Waals surface area (Å²) >= 11 is 0. The third kappa shape index (κ3) is 4.26. The molecule has 0 aromatic carbocycles. The second-order valence-corrected chi connectivity index (χ2v) is 6.00. The smallest absolute Gasteiger partial charge is 0.107 e. The van der Waals surface area contributed by atoms with E-state index in [1.165, 1.54) is 6.42 Å². The largest absolute Gasteiger partial charge is 0.303 e. The summed E-state index contributed by atoms with van der Waals surface area (Å²) in [7, 11) is 0. The van der Waals surface area contributed by atoms with E-state index in [0.717, 1.165) is 39.0 Å². The Hall–Kier alpha value is -0.590. The van der Waals surface area contributed by atoms with Gasteiger partial charge < -0.3 is 4.90 Å². The zero-order chi connectivity index (χ0) is 13.6. The van der Waals surface area contributed by atoms with E-state index in [-0.39, 0.29) is 5.54 Å². The molecule has 1 aliphatic carbocycles. The van der Waals surface area contributed by atoms with E-state index in [0.29, 0.717) is 11.8 Å². The summed E-state index contributed by atoms with van der Waals surface area (Å²) in [6, 6.07) is 2.56. The molecule has 0 heterocycles. The van der Waals surface area contributed by atoms with Gasteiger partial charge in [-0.25, -0.2) is 0 Å². The van der Waals surface area contributed by atoms with Crippen molar-refractivity contribution < 1.29 is 0 Å². The molecule has 0 aromatic heterocycles. The molecule has 1 saturated carbocycles. The Morgan fingerprint density at radius 3 is 2.22 bits per heavy atom. The van der Waals surface area contributed by atoms with Crippen LogP contribution in [0.5, 0.6) is 0 Å². The molecule has 3 heteroatoms. The van der Waals surface area contributed by atoms with Crippen molar-refractivity contribution in [1.29, 1.82) is 5.26 Å². The standard InChI is InChI=1S/C15H29N3/c1-5-18(6-2)8-7-17-15(12-16)10-13(3)9-14(4)11-15/h13-14,17H,5-11H2,1-4H3. The van der Waals surface area contributed by atoms with Crippen LogP contribution in [-0.2, 0) is 0 Å². The van der Waals surface area contributed by atoms with Gasteiger partial charge in [-0.3, -0.25) is 5.32 Å². The third-order valence-corrected chi connectivity index (χ3v) is 4.20. The molecular weight excluding hydrogens is 222 g/mol. The lowest BCUT2D eigenvalue weighted by Crippen LogP contribution is -2.51. The maximum absolute atomic E-state index is 9.53. The van der Waals surface area contributed by atoms with Gasteiger partial charge in [0.1, 0.15) is 5.54 Å². The highest BCUT2D eigenvalue weighted by molar-refractivity contribution is 5.10. The maximum atomic E-state index is 9.53. The highest BCUT2D eigenvalue weighted by Gasteiger charge is 2.37. The van der Waals surface area contributed by atoms with Crippen LogP contribution in [0, 0.1) is 23.2 Å². The first-order valence-electron chi connectivity index (χ1n) is 7.43. The van der Waals surface area contributed by atoms with Gasteiger partial charge in [-0.1, -0.05) is 27.7 Å². The Bertz CT molecular complexity index is 268. The van der Waals surface area contributed by atoms with Gasteiger partial charge in [0, 0.05) is 13.1 Å². The molecule has 0 radical (unpaired) electrons. The van der Waals surface area contributed by atoms with Crippen LogP contribution >= 0.6 is 0 Å². The van der Waals surface area contributed by atoms with Crippen molar-refractivity contribution in [2.24, 2.45) is 11.8 Å². The molecule has 3 nitrogen and oxygen atoms in total. The lowest BCUT2D eigenvalue weighted by Gasteiger charge is -2.39. The molecule has 1 rings (SSSR count). The molecule has 0 aliphatic heterocycles.